The molecule has 27 heavy (non-hydrogen) atoms. The predicted molar refractivity (Wildman–Crippen MR) is 101 cm³/mol. The van der Waals surface area contributed by atoms with Gasteiger partial charge in [-0.2, -0.15) is 5.10 Å². The molecule has 0 spiro atoms. The highest BCUT2D eigenvalue weighted by Gasteiger charge is 2.19. The van der Waals surface area contributed by atoms with Gasteiger partial charge in [-0.15, -0.1) is 0 Å². The van der Waals surface area contributed by atoms with Crippen LogP contribution in [0.1, 0.15) is 25.8 Å². The number of cyclic esters (lactones) is 1. The molecule has 0 radical (unpaired) electrons. The molecule has 1 aliphatic rings. The summed E-state index contributed by atoms with van der Waals surface area (Å²) in [5.74, 6) is 0.780. The monoisotopic (exact) mass is 366 g/mol. The van der Waals surface area contributed by atoms with Crippen molar-refractivity contribution < 1.29 is 14.3 Å². The minimum atomic E-state index is -0.326. The molecule has 7 nitrogen and oxygen atoms in total. The molecule has 1 aliphatic heterocycles. The van der Waals surface area contributed by atoms with Crippen molar-refractivity contribution in [3.63, 3.8) is 0 Å². The third kappa shape index (κ3) is 3.58. The highest BCUT2D eigenvalue weighted by atomic mass is 16.6. The smallest absolute Gasteiger partial charge is 0.410 e. The van der Waals surface area contributed by atoms with Crippen molar-refractivity contribution >= 4 is 17.0 Å². The molecule has 140 valence electrons. The van der Waals surface area contributed by atoms with Crippen molar-refractivity contribution in [1.82, 2.24) is 20.1 Å². The summed E-state index contributed by atoms with van der Waals surface area (Å²) < 4.78 is 11.4. The first-order valence-electron chi connectivity index (χ1n) is 9.10. The minimum Gasteiger partial charge on any atom is -0.494 e. The number of fused-ring (bicyclic) bond motifs is 4. The summed E-state index contributed by atoms with van der Waals surface area (Å²) in [6, 6.07) is 7.87. The van der Waals surface area contributed by atoms with E-state index in [0.717, 1.165) is 39.9 Å². The molecule has 3 aromatic rings. The van der Waals surface area contributed by atoms with Gasteiger partial charge in [0.15, 0.2) is 0 Å². The maximum Gasteiger partial charge on any atom is 0.410 e. The van der Waals surface area contributed by atoms with E-state index in [1.807, 2.05) is 38.1 Å². The quantitative estimate of drug-likeness (QED) is 0.709. The molecule has 0 fully saturated rings. The molecule has 0 saturated heterocycles. The Morgan fingerprint density at radius 2 is 2.07 bits per heavy atom. The van der Waals surface area contributed by atoms with Gasteiger partial charge in [0.05, 0.1) is 12.1 Å². The molecule has 0 saturated carbocycles. The van der Waals surface area contributed by atoms with E-state index < -0.39 is 0 Å². The van der Waals surface area contributed by atoms with Crippen LogP contribution in [0.25, 0.3) is 22.2 Å². The Labute approximate surface area is 157 Å². The lowest BCUT2D eigenvalue weighted by atomic mass is 10.1. The van der Waals surface area contributed by atoms with Gasteiger partial charge in [-0.25, -0.2) is 4.79 Å². The molecule has 0 aliphatic carbocycles. The van der Waals surface area contributed by atoms with Crippen molar-refractivity contribution in [3.05, 3.63) is 42.2 Å². The lowest BCUT2D eigenvalue weighted by Crippen LogP contribution is -2.38. The number of amides is 1. The summed E-state index contributed by atoms with van der Waals surface area (Å²) in [6.07, 6.45) is 3.86. The average Bonchev–Trinajstić information content (AvgIpc) is 3.08. The van der Waals surface area contributed by atoms with E-state index in [0.29, 0.717) is 13.2 Å². The highest BCUT2D eigenvalue weighted by Crippen LogP contribution is 2.29. The topological polar surface area (TPSA) is 80.3 Å². The first kappa shape index (κ1) is 17.3. The third-order valence-corrected chi connectivity index (χ3v) is 4.63. The second-order valence-electron chi connectivity index (χ2n) is 6.91. The summed E-state index contributed by atoms with van der Waals surface area (Å²) in [7, 11) is 0. The molecule has 7 heteroatoms. The summed E-state index contributed by atoms with van der Waals surface area (Å²) in [4.78, 5) is 18.5. The number of H-pyrrole nitrogens is 1. The molecule has 4 rings (SSSR count). The predicted octanol–water partition coefficient (Wildman–Crippen LogP) is 3.75. The standard InChI is InChI=1S/C20H22N4O3/c1-13(2)24-6-3-7-26-16-4-5-18-17(9-16)19(23-22-18)15-8-14(10-21-11-15)12-27-20(24)25/h4-5,8-11,13H,3,6-7,12H2,1-2H3,(H,22,23). The Morgan fingerprint density at radius 1 is 1.19 bits per heavy atom. The number of aromatic amines is 1. The fourth-order valence-electron chi connectivity index (χ4n) is 3.21. The number of ether oxygens (including phenoxy) is 2. The third-order valence-electron chi connectivity index (χ3n) is 4.63. The number of hydrogen-bond donors (Lipinski definition) is 1. The number of nitrogens with one attached hydrogen (secondary N) is 1. The first-order valence-corrected chi connectivity index (χ1v) is 9.10. The summed E-state index contributed by atoms with van der Waals surface area (Å²) in [6.45, 7) is 5.22. The number of carbonyl (C=O) groups is 1. The van der Waals surface area contributed by atoms with Crippen LogP contribution in [0.4, 0.5) is 4.79 Å². The van der Waals surface area contributed by atoms with E-state index in [1.165, 1.54) is 0 Å². The molecular weight excluding hydrogens is 344 g/mol. The maximum atomic E-state index is 12.5. The number of hydrogen-bond acceptors (Lipinski definition) is 5. The minimum absolute atomic E-state index is 0.0546. The van der Waals surface area contributed by atoms with Crippen LogP contribution in [0.5, 0.6) is 5.75 Å². The Hall–Kier alpha value is -3.09. The van der Waals surface area contributed by atoms with E-state index in [-0.39, 0.29) is 18.7 Å². The SMILES string of the molecule is CC(C)N1CCCOc2ccc3[nH]nc(c3c2)-c2cncc(c2)COC1=O. The van der Waals surface area contributed by atoms with E-state index in [4.69, 9.17) is 9.47 Å². The van der Waals surface area contributed by atoms with Crippen molar-refractivity contribution in [2.75, 3.05) is 13.2 Å². The van der Waals surface area contributed by atoms with E-state index in [9.17, 15) is 4.79 Å². The lowest BCUT2D eigenvalue weighted by molar-refractivity contribution is 0.0835. The molecule has 2 aromatic heterocycles. The number of rotatable bonds is 1. The van der Waals surface area contributed by atoms with Crippen molar-refractivity contribution in [2.45, 2.75) is 32.9 Å². The van der Waals surface area contributed by atoms with Crippen LogP contribution >= 0.6 is 0 Å². The zero-order chi connectivity index (χ0) is 18.8. The molecule has 0 atom stereocenters. The molecule has 3 heterocycles. The van der Waals surface area contributed by atoms with Crippen LogP contribution < -0.4 is 4.74 Å². The summed E-state index contributed by atoms with van der Waals surface area (Å²) in [5, 5.41) is 8.45. The van der Waals surface area contributed by atoms with Crippen LogP contribution in [-0.2, 0) is 11.3 Å². The van der Waals surface area contributed by atoms with Crippen LogP contribution in [0.2, 0.25) is 0 Å². The van der Waals surface area contributed by atoms with E-state index >= 15 is 0 Å². The van der Waals surface area contributed by atoms with Gasteiger partial charge in [-0.3, -0.25) is 10.1 Å². The van der Waals surface area contributed by atoms with Crippen molar-refractivity contribution in [1.29, 1.82) is 0 Å². The Balaban J connectivity index is 1.73. The second-order valence-corrected chi connectivity index (χ2v) is 6.91. The van der Waals surface area contributed by atoms with Crippen LogP contribution in [0.15, 0.2) is 36.7 Å². The van der Waals surface area contributed by atoms with Gasteiger partial charge in [-0.1, -0.05) is 0 Å². The van der Waals surface area contributed by atoms with Gasteiger partial charge in [-0.05, 0) is 44.5 Å². The fraction of sp³-hybridized carbons (Fsp3) is 0.350. The van der Waals surface area contributed by atoms with Gasteiger partial charge in [0.25, 0.3) is 0 Å². The van der Waals surface area contributed by atoms with Gasteiger partial charge >= 0.3 is 6.09 Å². The van der Waals surface area contributed by atoms with Crippen LogP contribution in [0.3, 0.4) is 0 Å². The Kier molecular flexibility index (Phi) is 4.66. The highest BCUT2D eigenvalue weighted by molar-refractivity contribution is 5.93. The molecule has 1 aromatic carbocycles. The normalized spacial score (nSPS) is 15.4. The van der Waals surface area contributed by atoms with Crippen LogP contribution in [0, 0.1) is 0 Å². The van der Waals surface area contributed by atoms with E-state index in [2.05, 4.69) is 15.2 Å². The number of benzene rings is 1. The first-order chi connectivity index (χ1) is 13.1. The summed E-state index contributed by atoms with van der Waals surface area (Å²) in [5.41, 5.74) is 3.42. The number of pyridine rings is 1. The van der Waals surface area contributed by atoms with Crippen molar-refractivity contribution in [3.8, 4) is 17.0 Å². The van der Waals surface area contributed by atoms with Crippen molar-refractivity contribution in [2.24, 2.45) is 0 Å². The molecular formula is C20H22N4O3. The Morgan fingerprint density at radius 3 is 2.93 bits per heavy atom. The Bertz CT molecular complexity index is 967. The zero-order valence-corrected chi connectivity index (χ0v) is 15.4. The lowest BCUT2D eigenvalue weighted by Gasteiger charge is -2.26. The van der Waals surface area contributed by atoms with Gasteiger partial charge in [0, 0.05) is 41.5 Å². The molecule has 1 amide bonds. The number of nitrogens with zero attached hydrogens (tertiary/aromatic N) is 3. The molecule has 1 N–H and O–H groups in total. The van der Waals surface area contributed by atoms with Crippen LogP contribution in [-0.4, -0.2) is 45.4 Å². The second kappa shape index (κ2) is 7.26. The average molecular weight is 366 g/mol. The largest absolute Gasteiger partial charge is 0.494 e. The fourth-order valence-corrected chi connectivity index (χ4v) is 3.21. The molecule has 0 unspecified atom stereocenters. The maximum absolute atomic E-state index is 12.5. The number of aromatic nitrogens is 3. The van der Waals surface area contributed by atoms with Gasteiger partial charge in [0.2, 0.25) is 0 Å². The van der Waals surface area contributed by atoms with Gasteiger partial charge < -0.3 is 14.4 Å². The summed E-state index contributed by atoms with van der Waals surface area (Å²) >= 11 is 0. The zero-order valence-electron chi connectivity index (χ0n) is 15.4. The van der Waals surface area contributed by atoms with E-state index in [1.54, 1.807) is 17.3 Å². The molecule has 4 bridgehead atoms. The number of carbonyl (C=O) groups excluding carboxylic acids is 1. The van der Waals surface area contributed by atoms with Gasteiger partial charge in [0.1, 0.15) is 18.1 Å².